The number of rotatable bonds is 10. The van der Waals surface area contributed by atoms with Gasteiger partial charge in [0.2, 0.25) is 5.91 Å². The molecule has 1 atom stereocenters. The highest BCUT2D eigenvalue weighted by Gasteiger charge is 2.24. The first-order valence-corrected chi connectivity index (χ1v) is 14.0. The third kappa shape index (κ3) is 5.66. The van der Waals surface area contributed by atoms with Crippen molar-refractivity contribution in [3.05, 3.63) is 85.5 Å². The number of hydrogen-bond donors (Lipinski definition) is 3. The largest absolute Gasteiger partial charge is 0.463 e. The van der Waals surface area contributed by atoms with Gasteiger partial charge in [-0.1, -0.05) is 24.8 Å². The van der Waals surface area contributed by atoms with Crippen LogP contribution in [0.2, 0.25) is 0 Å². The first kappa shape index (κ1) is 25.4. The zero-order chi connectivity index (χ0) is 26.5. The van der Waals surface area contributed by atoms with Crippen LogP contribution in [0.15, 0.2) is 104 Å². The van der Waals surface area contributed by atoms with Gasteiger partial charge in [-0.25, -0.2) is 18.4 Å². The number of benzene rings is 1. The van der Waals surface area contributed by atoms with Crippen LogP contribution in [0.1, 0.15) is 13.3 Å². The Bertz CT molecular complexity index is 1550. The number of anilines is 2. The molecular weight excluding hydrogens is 526 g/mol. The van der Waals surface area contributed by atoms with E-state index < -0.39 is 15.3 Å². The van der Waals surface area contributed by atoms with Gasteiger partial charge in [0.1, 0.15) is 17.2 Å². The number of amides is 1. The maximum Gasteiger partial charge on any atom is 0.263 e. The predicted molar refractivity (Wildman–Crippen MR) is 144 cm³/mol. The lowest BCUT2D eigenvalue weighted by Crippen LogP contribution is -2.24. The normalized spacial score (nSPS) is 12.2. The van der Waals surface area contributed by atoms with E-state index in [0.29, 0.717) is 40.2 Å². The lowest BCUT2D eigenvalue weighted by Gasteiger charge is -2.14. The summed E-state index contributed by atoms with van der Waals surface area (Å²) in [5.41, 5.74) is 1.70. The van der Waals surface area contributed by atoms with Crippen molar-refractivity contribution < 1.29 is 22.0 Å². The Morgan fingerprint density at radius 3 is 2.37 bits per heavy atom. The SMILES string of the molecule is CCC(Sc1nc(-c2ccco2)c(-c2ccco2)[nH]1)C(=O)Nc1ccc(S(=O)(=O)Nc2ccccn2)cc1. The topological polar surface area (TPSA) is 143 Å². The van der Waals surface area contributed by atoms with E-state index in [2.05, 4.69) is 25.0 Å². The highest BCUT2D eigenvalue weighted by Crippen LogP contribution is 2.35. The van der Waals surface area contributed by atoms with Gasteiger partial charge < -0.3 is 19.1 Å². The molecule has 0 aliphatic heterocycles. The van der Waals surface area contributed by atoms with Crippen LogP contribution in [-0.2, 0) is 14.8 Å². The Balaban J connectivity index is 1.28. The molecule has 4 aromatic heterocycles. The third-order valence-corrected chi connectivity index (χ3v) is 8.08. The number of aromatic amines is 1. The van der Waals surface area contributed by atoms with E-state index in [0.717, 1.165) is 0 Å². The first-order valence-electron chi connectivity index (χ1n) is 11.6. The summed E-state index contributed by atoms with van der Waals surface area (Å²) in [6, 6.07) is 18.0. The van der Waals surface area contributed by atoms with E-state index in [1.165, 1.54) is 30.1 Å². The molecule has 1 aromatic carbocycles. The van der Waals surface area contributed by atoms with Gasteiger partial charge in [-0.05, 0) is 67.1 Å². The van der Waals surface area contributed by atoms with Gasteiger partial charge in [0.25, 0.3) is 10.0 Å². The Morgan fingerprint density at radius 2 is 1.74 bits per heavy atom. The minimum absolute atomic E-state index is 0.0501. The van der Waals surface area contributed by atoms with Gasteiger partial charge in [0.15, 0.2) is 16.7 Å². The molecule has 4 heterocycles. The smallest absolute Gasteiger partial charge is 0.263 e. The number of hydrogen-bond acceptors (Lipinski definition) is 8. The number of sulfonamides is 1. The van der Waals surface area contributed by atoms with Crippen molar-refractivity contribution in [3.63, 3.8) is 0 Å². The number of thioether (sulfide) groups is 1. The lowest BCUT2D eigenvalue weighted by atomic mass is 10.2. The molecule has 0 saturated carbocycles. The second kappa shape index (κ2) is 11.0. The van der Waals surface area contributed by atoms with E-state index in [1.54, 1.807) is 61.1 Å². The fourth-order valence-corrected chi connectivity index (χ4v) is 5.53. The molecular formula is C26H23N5O5S2. The molecule has 12 heteroatoms. The number of pyridine rings is 1. The van der Waals surface area contributed by atoms with Crippen molar-refractivity contribution in [2.45, 2.75) is 28.6 Å². The summed E-state index contributed by atoms with van der Waals surface area (Å²) in [5.74, 6) is 1.15. The maximum absolute atomic E-state index is 13.1. The van der Waals surface area contributed by atoms with E-state index >= 15 is 0 Å². The Hall–Kier alpha value is -4.29. The van der Waals surface area contributed by atoms with Crippen LogP contribution >= 0.6 is 11.8 Å². The van der Waals surface area contributed by atoms with Crippen molar-refractivity contribution in [2.24, 2.45) is 0 Å². The van der Waals surface area contributed by atoms with Gasteiger partial charge >= 0.3 is 0 Å². The molecule has 194 valence electrons. The van der Waals surface area contributed by atoms with Crippen LogP contribution in [0.5, 0.6) is 0 Å². The number of imidazole rings is 1. The van der Waals surface area contributed by atoms with Crippen molar-refractivity contribution >= 4 is 39.2 Å². The van der Waals surface area contributed by atoms with Gasteiger partial charge in [-0.15, -0.1) is 0 Å². The van der Waals surface area contributed by atoms with Crippen molar-refractivity contribution in [3.8, 4) is 22.9 Å². The number of H-pyrrole nitrogens is 1. The van der Waals surface area contributed by atoms with Crippen LogP contribution < -0.4 is 10.0 Å². The summed E-state index contributed by atoms with van der Waals surface area (Å²) in [5, 5.41) is 2.92. The number of carbonyl (C=O) groups is 1. The van der Waals surface area contributed by atoms with Crippen molar-refractivity contribution in [1.82, 2.24) is 15.0 Å². The first-order chi connectivity index (χ1) is 18.4. The van der Waals surface area contributed by atoms with Crippen molar-refractivity contribution in [1.29, 1.82) is 0 Å². The molecule has 0 radical (unpaired) electrons. The number of aromatic nitrogens is 3. The van der Waals surface area contributed by atoms with Gasteiger partial charge in [-0.2, -0.15) is 0 Å². The molecule has 5 rings (SSSR count). The van der Waals surface area contributed by atoms with Gasteiger partial charge in [0, 0.05) is 11.9 Å². The quantitative estimate of drug-likeness (QED) is 0.190. The second-order valence-electron chi connectivity index (χ2n) is 8.07. The monoisotopic (exact) mass is 549 g/mol. The summed E-state index contributed by atoms with van der Waals surface area (Å²) in [6.07, 6.45) is 5.17. The highest BCUT2D eigenvalue weighted by molar-refractivity contribution is 8.00. The van der Waals surface area contributed by atoms with Crippen LogP contribution in [0.3, 0.4) is 0 Å². The van der Waals surface area contributed by atoms with Crippen LogP contribution in [0.4, 0.5) is 11.5 Å². The van der Waals surface area contributed by atoms with Gasteiger partial charge in [0.05, 0.1) is 22.7 Å². The van der Waals surface area contributed by atoms with Crippen LogP contribution in [-0.4, -0.2) is 34.5 Å². The summed E-state index contributed by atoms with van der Waals surface area (Å²) in [6.45, 7) is 1.90. The molecule has 3 N–H and O–H groups in total. The Kier molecular flexibility index (Phi) is 7.33. The fraction of sp³-hybridized carbons (Fsp3) is 0.115. The van der Waals surface area contributed by atoms with Crippen LogP contribution in [0, 0.1) is 0 Å². The molecule has 0 aliphatic rings. The van der Waals surface area contributed by atoms with Gasteiger partial charge in [-0.3, -0.25) is 9.52 Å². The lowest BCUT2D eigenvalue weighted by molar-refractivity contribution is -0.115. The van der Waals surface area contributed by atoms with Crippen LogP contribution in [0.25, 0.3) is 22.9 Å². The molecule has 0 aliphatic carbocycles. The zero-order valence-electron chi connectivity index (χ0n) is 20.1. The third-order valence-electron chi connectivity index (χ3n) is 5.46. The number of furan rings is 2. The summed E-state index contributed by atoms with van der Waals surface area (Å²) < 4.78 is 38.8. The van der Waals surface area contributed by atoms with E-state index in [-0.39, 0.29) is 16.6 Å². The Labute approximate surface area is 223 Å². The fourth-order valence-electron chi connectivity index (χ4n) is 3.61. The van der Waals surface area contributed by atoms with Crippen molar-refractivity contribution in [2.75, 3.05) is 10.0 Å². The molecule has 1 unspecified atom stereocenters. The second-order valence-corrected chi connectivity index (χ2v) is 10.9. The average molecular weight is 550 g/mol. The summed E-state index contributed by atoms with van der Waals surface area (Å²) in [4.78, 5) is 25.0. The number of nitrogens with zero attached hydrogens (tertiary/aromatic N) is 2. The van der Waals surface area contributed by atoms with E-state index in [9.17, 15) is 13.2 Å². The number of nitrogens with one attached hydrogen (secondary N) is 3. The molecule has 0 spiro atoms. The molecule has 38 heavy (non-hydrogen) atoms. The maximum atomic E-state index is 13.1. The Morgan fingerprint density at radius 1 is 1.00 bits per heavy atom. The summed E-state index contributed by atoms with van der Waals surface area (Å²) >= 11 is 1.28. The molecule has 10 nitrogen and oxygen atoms in total. The molecule has 0 bridgehead atoms. The molecule has 0 saturated heterocycles. The molecule has 5 aromatic rings. The number of carbonyl (C=O) groups excluding carboxylic acids is 1. The zero-order valence-corrected chi connectivity index (χ0v) is 21.8. The predicted octanol–water partition coefficient (Wildman–Crippen LogP) is 5.63. The van der Waals surface area contributed by atoms with E-state index in [4.69, 9.17) is 8.83 Å². The minimum atomic E-state index is -3.82. The highest BCUT2D eigenvalue weighted by atomic mass is 32.2. The minimum Gasteiger partial charge on any atom is -0.463 e. The molecule has 1 amide bonds. The molecule has 0 fully saturated rings. The standard InChI is InChI=1S/C26H23N5O5S2/c1-2-21(37-26-29-23(19-7-5-15-35-19)24(30-26)20-8-6-16-36-20)25(32)28-17-10-12-18(13-11-17)38(33,34)31-22-9-3-4-14-27-22/h3-16,21H,2H2,1H3,(H,27,31)(H,28,32)(H,29,30). The average Bonchev–Trinajstić information content (AvgIpc) is 3.70. The van der Waals surface area contributed by atoms with E-state index in [1.807, 2.05) is 13.0 Å². The summed E-state index contributed by atoms with van der Waals surface area (Å²) in [7, 11) is -3.82.